The first-order valence-electron chi connectivity index (χ1n) is 4.67. The zero-order valence-corrected chi connectivity index (χ0v) is 8.59. The Kier molecular flexibility index (Phi) is 3.76. The SMILES string of the molecule is CCc1cnc(N(C)CCNC)[nH]1. The van der Waals surface area contributed by atoms with Crippen molar-refractivity contribution < 1.29 is 0 Å². The summed E-state index contributed by atoms with van der Waals surface area (Å²) in [5.41, 5.74) is 1.19. The summed E-state index contributed by atoms with van der Waals surface area (Å²) in [6.45, 7) is 4.05. The molecule has 2 N–H and O–H groups in total. The fourth-order valence-corrected chi connectivity index (χ4v) is 1.11. The molecule has 0 saturated carbocycles. The Morgan fingerprint density at radius 2 is 2.38 bits per heavy atom. The first-order valence-corrected chi connectivity index (χ1v) is 4.67. The van der Waals surface area contributed by atoms with Crippen LogP contribution in [0.5, 0.6) is 0 Å². The molecule has 0 amide bonds. The molecule has 1 heterocycles. The lowest BCUT2D eigenvalue weighted by Crippen LogP contribution is -2.27. The van der Waals surface area contributed by atoms with Gasteiger partial charge in [-0.1, -0.05) is 6.92 Å². The van der Waals surface area contributed by atoms with Crippen molar-refractivity contribution in [2.24, 2.45) is 0 Å². The van der Waals surface area contributed by atoms with Gasteiger partial charge in [-0.3, -0.25) is 0 Å². The number of anilines is 1. The molecule has 0 unspecified atom stereocenters. The van der Waals surface area contributed by atoms with Gasteiger partial charge in [0.25, 0.3) is 0 Å². The van der Waals surface area contributed by atoms with Gasteiger partial charge in [0.2, 0.25) is 5.95 Å². The molecule has 0 fully saturated rings. The van der Waals surface area contributed by atoms with Crippen molar-refractivity contribution in [1.29, 1.82) is 0 Å². The second-order valence-corrected chi connectivity index (χ2v) is 3.11. The first kappa shape index (κ1) is 10.1. The molecule has 4 heteroatoms. The van der Waals surface area contributed by atoms with Crippen molar-refractivity contribution in [3.8, 4) is 0 Å². The normalized spacial score (nSPS) is 10.4. The first-order chi connectivity index (χ1) is 6.27. The Labute approximate surface area is 79.4 Å². The molecule has 13 heavy (non-hydrogen) atoms. The van der Waals surface area contributed by atoms with Crippen LogP contribution in [0, 0.1) is 0 Å². The van der Waals surface area contributed by atoms with E-state index in [0.717, 1.165) is 25.5 Å². The maximum atomic E-state index is 4.28. The minimum atomic E-state index is 0.951. The fraction of sp³-hybridized carbons (Fsp3) is 0.667. The monoisotopic (exact) mass is 182 g/mol. The van der Waals surface area contributed by atoms with Crippen LogP contribution in [0.2, 0.25) is 0 Å². The number of rotatable bonds is 5. The number of aromatic nitrogens is 2. The quantitative estimate of drug-likeness (QED) is 0.702. The highest BCUT2D eigenvalue weighted by Crippen LogP contribution is 2.06. The van der Waals surface area contributed by atoms with Gasteiger partial charge in [-0.2, -0.15) is 0 Å². The second-order valence-electron chi connectivity index (χ2n) is 3.11. The summed E-state index contributed by atoms with van der Waals surface area (Å²) in [6, 6.07) is 0. The van der Waals surface area contributed by atoms with Crippen LogP contribution in [0.25, 0.3) is 0 Å². The summed E-state index contributed by atoms with van der Waals surface area (Å²) in [5.74, 6) is 0.951. The van der Waals surface area contributed by atoms with Crippen LogP contribution in [0.4, 0.5) is 5.95 Å². The number of likely N-dealkylation sites (N-methyl/N-ethyl adjacent to an activating group) is 2. The number of H-pyrrole nitrogens is 1. The average molecular weight is 182 g/mol. The van der Waals surface area contributed by atoms with E-state index in [1.165, 1.54) is 5.69 Å². The van der Waals surface area contributed by atoms with Crippen LogP contribution < -0.4 is 10.2 Å². The highest BCUT2D eigenvalue weighted by atomic mass is 15.2. The molecule has 0 spiro atoms. The number of nitrogens with one attached hydrogen (secondary N) is 2. The number of imidazole rings is 1. The van der Waals surface area contributed by atoms with E-state index in [0.29, 0.717) is 0 Å². The van der Waals surface area contributed by atoms with Gasteiger partial charge in [0.1, 0.15) is 0 Å². The molecule has 0 bridgehead atoms. The number of hydrogen-bond acceptors (Lipinski definition) is 3. The van der Waals surface area contributed by atoms with Gasteiger partial charge in [0.05, 0.1) is 6.20 Å². The molecule has 0 aromatic carbocycles. The molecule has 0 radical (unpaired) electrons. The summed E-state index contributed by atoms with van der Waals surface area (Å²) < 4.78 is 0. The number of hydrogen-bond donors (Lipinski definition) is 2. The largest absolute Gasteiger partial charge is 0.344 e. The van der Waals surface area contributed by atoms with E-state index >= 15 is 0 Å². The topological polar surface area (TPSA) is 44.0 Å². The molecular weight excluding hydrogens is 164 g/mol. The summed E-state index contributed by atoms with van der Waals surface area (Å²) in [4.78, 5) is 9.65. The van der Waals surface area contributed by atoms with E-state index < -0.39 is 0 Å². The summed E-state index contributed by atoms with van der Waals surface area (Å²) in [7, 11) is 3.99. The van der Waals surface area contributed by atoms with E-state index in [9.17, 15) is 0 Å². The molecule has 0 saturated heterocycles. The van der Waals surface area contributed by atoms with Crippen molar-refractivity contribution in [2.75, 3.05) is 32.1 Å². The van der Waals surface area contributed by atoms with E-state index in [1.807, 2.05) is 20.3 Å². The molecule has 1 aromatic heterocycles. The fourth-order valence-electron chi connectivity index (χ4n) is 1.11. The van der Waals surface area contributed by atoms with Crippen LogP contribution in [0.15, 0.2) is 6.20 Å². The van der Waals surface area contributed by atoms with Gasteiger partial charge in [-0.15, -0.1) is 0 Å². The Balaban J connectivity index is 2.50. The lowest BCUT2D eigenvalue weighted by atomic mass is 10.4. The van der Waals surface area contributed by atoms with E-state index in [1.54, 1.807) is 0 Å². The molecule has 0 aliphatic rings. The van der Waals surface area contributed by atoms with Crippen molar-refractivity contribution >= 4 is 5.95 Å². The summed E-state index contributed by atoms with van der Waals surface area (Å²) in [5, 5.41) is 3.11. The molecule has 4 nitrogen and oxygen atoms in total. The number of aryl methyl sites for hydroxylation is 1. The average Bonchev–Trinajstić information content (AvgIpc) is 2.62. The van der Waals surface area contributed by atoms with Crippen molar-refractivity contribution in [3.05, 3.63) is 11.9 Å². The van der Waals surface area contributed by atoms with Gasteiger partial charge in [-0.05, 0) is 13.5 Å². The summed E-state index contributed by atoms with van der Waals surface area (Å²) in [6.07, 6.45) is 2.90. The highest BCUT2D eigenvalue weighted by Gasteiger charge is 2.03. The van der Waals surface area contributed by atoms with Gasteiger partial charge in [0.15, 0.2) is 0 Å². The Hall–Kier alpha value is -1.03. The number of nitrogens with zero attached hydrogens (tertiary/aromatic N) is 2. The highest BCUT2D eigenvalue weighted by molar-refractivity contribution is 5.29. The van der Waals surface area contributed by atoms with Gasteiger partial charge < -0.3 is 15.2 Å². The van der Waals surface area contributed by atoms with Crippen LogP contribution in [-0.4, -0.2) is 37.2 Å². The van der Waals surface area contributed by atoms with E-state index in [-0.39, 0.29) is 0 Å². The third-order valence-electron chi connectivity index (χ3n) is 2.05. The van der Waals surface area contributed by atoms with Crippen molar-refractivity contribution in [3.63, 3.8) is 0 Å². The Morgan fingerprint density at radius 3 is 2.92 bits per heavy atom. The van der Waals surface area contributed by atoms with Gasteiger partial charge in [0, 0.05) is 25.8 Å². The van der Waals surface area contributed by atoms with Crippen LogP contribution in [-0.2, 0) is 6.42 Å². The third-order valence-corrected chi connectivity index (χ3v) is 2.05. The standard InChI is InChI=1S/C9H18N4/c1-4-8-7-11-9(12-8)13(3)6-5-10-2/h7,10H,4-6H2,1-3H3,(H,11,12). The molecule has 0 atom stereocenters. The van der Waals surface area contributed by atoms with Gasteiger partial charge in [-0.25, -0.2) is 4.98 Å². The van der Waals surface area contributed by atoms with E-state index in [2.05, 4.69) is 27.1 Å². The molecule has 1 aromatic rings. The molecule has 74 valence electrons. The second kappa shape index (κ2) is 4.87. The molecule has 0 aliphatic carbocycles. The predicted molar refractivity (Wildman–Crippen MR) is 55.2 cm³/mol. The maximum absolute atomic E-state index is 4.28. The Bertz CT molecular complexity index is 244. The minimum Gasteiger partial charge on any atom is -0.344 e. The molecular formula is C9H18N4. The summed E-state index contributed by atoms with van der Waals surface area (Å²) >= 11 is 0. The third kappa shape index (κ3) is 2.73. The van der Waals surface area contributed by atoms with Crippen molar-refractivity contribution in [2.45, 2.75) is 13.3 Å². The van der Waals surface area contributed by atoms with Gasteiger partial charge >= 0.3 is 0 Å². The zero-order valence-electron chi connectivity index (χ0n) is 8.59. The molecule has 0 aliphatic heterocycles. The van der Waals surface area contributed by atoms with Crippen LogP contribution in [0.3, 0.4) is 0 Å². The lowest BCUT2D eigenvalue weighted by Gasteiger charge is -2.14. The number of aromatic amines is 1. The Morgan fingerprint density at radius 1 is 1.62 bits per heavy atom. The molecule has 1 rings (SSSR count). The maximum Gasteiger partial charge on any atom is 0.202 e. The van der Waals surface area contributed by atoms with Crippen LogP contribution >= 0.6 is 0 Å². The van der Waals surface area contributed by atoms with Crippen LogP contribution in [0.1, 0.15) is 12.6 Å². The van der Waals surface area contributed by atoms with Crippen molar-refractivity contribution in [1.82, 2.24) is 15.3 Å². The van der Waals surface area contributed by atoms with E-state index in [4.69, 9.17) is 0 Å². The smallest absolute Gasteiger partial charge is 0.202 e. The minimum absolute atomic E-state index is 0.951. The lowest BCUT2D eigenvalue weighted by molar-refractivity contribution is 0.756. The zero-order chi connectivity index (χ0) is 9.68. The predicted octanol–water partition coefficient (Wildman–Crippen LogP) is 0.628.